The summed E-state index contributed by atoms with van der Waals surface area (Å²) >= 11 is 0. The van der Waals surface area contributed by atoms with Crippen LogP contribution in [0.2, 0.25) is 0 Å². The average Bonchev–Trinajstić information content (AvgIpc) is 2.26. The molecule has 1 amide bonds. The molecule has 0 fully saturated rings. The Kier molecular flexibility index (Phi) is 4.83. The van der Waals surface area contributed by atoms with E-state index in [0.717, 1.165) is 17.7 Å². The molecule has 3 nitrogen and oxygen atoms in total. The van der Waals surface area contributed by atoms with Crippen LogP contribution in [0.5, 0.6) is 0 Å². The lowest BCUT2D eigenvalue weighted by atomic mass is 10.1. The number of rotatable bonds is 4. The summed E-state index contributed by atoms with van der Waals surface area (Å²) in [7, 11) is 0. The molecule has 1 N–H and O–H groups in total. The third kappa shape index (κ3) is 4.34. The first-order chi connectivity index (χ1) is 7.61. The summed E-state index contributed by atoms with van der Waals surface area (Å²) in [6.45, 7) is 6.49. The lowest BCUT2D eigenvalue weighted by Crippen LogP contribution is -2.16. The predicted octanol–water partition coefficient (Wildman–Crippen LogP) is 3.25. The molecule has 0 aliphatic carbocycles. The van der Waals surface area contributed by atoms with Crippen molar-refractivity contribution in [2.45, 2.75) is 27.2 Å². The van der Waals surface area contributed by atoms with E-state index in [1.165, 1.54) is 0 Å². The van der Waals surface area contributed by atoms with Crippen LogP contribution in [-0.2, 0) is 11.2 Å². The first-order valence-electron chi connectivity index (χ1n) is 5.55. The zero-order chi connectivity index (χ0) is 12.0. The second-order valence-corrected chi connectivity index (χ2v) is 4.10. The predicted molar refractivity (Wildman–Crippen MR) is 64.5 cm³/mol. The van der Waals surface area contributed by atoms with Crippen LogP contribution in [0.25, 0.3) is 0 Å². The van der Waals surface area contributed by atoms with Crippen LogP contribution in [0.4, 0.5) is 10.5 Å². The van der Waals surface area contributed by atoms with E-state index in [4.69, 9.17) is 4.74 Å². The molecule has 1 aromatic carbocycles. The number of nitrogens with one attached hydrogen (secondary N) is 1. The fourth-order valence-electron chi connectivity index (χ4n) is 1.19. The van der Waals surface area contributed by atoms with Gasteiger partial charge in [-0.2, -0.15) is 0 Å². The van der Waals surface area contributed by atoms with Gasteiger partial charge in [0.05, 0.1) is 6.61 Å². The van der Waals surface area contributed by atoms with Crippen LogP contribution in [0.15, 0.2) is 18.2 Å². The highest BCUT2D eigenvalue weighted by atomic mass is 16.5. The van der Waals surface area contributed by atoms with Gasteiger partial charge in [0.25, 0.3) is 0 Å². The number of anilines is 1. The van der Waals surface area contributed by atoms with E-state index in [1.807, 2.05) is 26.0 Å². The maximum Gasteiger partial charge on any atom is 0.411 e. The average molecular weight is 220 g/mol. The third-order valence-electron chi connectivity index (χ3n) is 2.05. The zero-order valence-corrected chi connectivity index (χ0v) is 10.0. The maximum atomic E-state index is 11.4. The number of hydrogen-bond donors (Lipinski definition) is 1. The molecule has 0 heterocycles. The highest BCUT2D eigenvalue weighted by molar-refractivity contribution is 5.84. The van der Waals surface area contributed by atoms with E-state index >= 15 is 0 Å². The summed E-state index contributed by atoms with van der Waals surface area (Å²) in [5, 5.41) is 2.68. The lowest BCUT2D eigenvalue weighted by molar-refractivity contribution is 0.147. The number of benzene rings is 1. The summed E-state index contributed by atoms with van der Waals surface area (Å²) < 4.78 is 5.02. The second-order valence-electron chi connectivity index (χ2n) is 4.10. The highest BCUT2D eigenvalue weighted by Gasteiger charge is 2.04. The number of aryl methyl sites for hydroxylation is 1. The number of carbonyl (C=O) groups excluding carboxylic acids is 1. The molecule has 87 valence electrons. The van der Waals surface area contributed by atoms with Gasteiger partial charge in [-0.15, -0.1) is 0 Å². The number of ether oxygens (including phenoxy) is 1. The first-order valence-corrected chi connectivity index (χ1v) is 5.55. The minimum Gasteiger partial charge on any atom is -0.449 e. The smallest absolute Gasteiger partial charge is 0.411 e. The van der Waals surface area contributed by atoms with Crippen molar-refractivity contribution < 1.29 is 9.53 Å². The molecule has 3 heteroatoms. The van der Waals surface area contributed by atoms with E-state index < -0.39 is 6.09 Å². The normalized spacial score (nSPS) is 10.2. The molecule has 16 heavy (non-hydrogen) atoms. The quantitative estimate of drug-likeness (QED) is 0.845. The van der Waals surface area contributed by atoms with Crippen molar-refractivity contribution in [1.82, 2.24) is 0 Å². The monoisotopic (exact) mass is 220 g/mol. The van der Waals surface area contributed by atoms with Crippen molar-refractivity contribution >= 4 is 11.8 Å². The summed E-state index contributed by atoms with van der Waals surface area (Å²) in [4.78, 5) is 11.4. The minimum atomic E-state index is -0.407. The Morgan fingerprint density at radius 3 is 2.88 bits per heavy atom. The first kappa shape index (κ1) is 12.6. The van der Waals surface area contributed by atoms with Gasteiger partial charge >= 0.3 is 6.09 Å². The molecular weight excluding hydrogens is 202 g/mol. The number of amides is 1. The molecule has 0 aliphatic rings. The van der Waals surface area contributed by atoms with E-state index in [-0.39, 0.29) is 0 Å². The second kappa shape index (κ2) is 6.16. The zero-order valence-electron chi connectivity index (χ0n) is 10.0. The molecule has 0 spiro atoms. The Hall–Kier alpha value is -1.51. The molecule has 0 aromatic heterocycles. The van der Waals surface area contributed by atoms with Crippen LogP contribution in [0.3, 0.4) is 0 Å². The maximum absolute atomic E-state index is 11.4. The Balaban J connectivity index is 2.49. The van der Waals surface area contributed by atoms with Gasteiger partial charge in [0.15, 0.2) is 0 Å². The summed E-state index contributed by atoms with van der Waals surface area (Å²) in [5.41, 5.74) is 1.87. The molecule has 0 unspecified atom stereocenters. The Bertz CT molecular complexity index is 348. The summed E-state index contributed by atoms with van der Waals surface area (Å²) in [6.07, 6.45) is 0.517. The minimum absolute atomic E-state index is 0.347. The molecule has 0 aliphatic heterocycles. The molecule has 0 atom stereocenters. The van der Waals surface area contributed by atoms with Crippen molar-refractivity contribution in [3.63, 3.8) is 0 Å². The van der Waals surface area contributed by atoms with Crippen LogP contribution in [0.1, 0.15) is 26.3 Å². The van der Waals surface area contributed by atoms with E-state index in [0.29, 0.717) is 12.5 Å². The standard InChI is InChI=1S/C13H18NO2/c1-4-11-6-5-7-12(8-11)14-13(15)16-9-10(2)3/h6-8,10H,4,9H2,1-3H3,(H,14,15). The molecule has 0 saturated carbocycles. The molecule has 0 bridgehead atoms. The summed E-state index contributed by atoms with van der Waals surface area (Å²) in [5.74, 6) is 0.347. The fraction of sp³-hybridized carbons (Fsp3) is 0.462. The van der Waals surface area contributed by atoms with Gasteiger partial charge in [0, 0.05) is 5.69 Å². The summed E-state index contributed by atoms with van der Waals surface area (Å²) in [6, 6.07) is 8.54. The highest BCUT2D eigenvalue weighted by Crippen LogP contribution is 2.11. The van der Waals surface area contributed by atoms with E-state index in [1.54, 1.807) is 6.07 Å². The van der Waals surface area contributed by atoms with Crippen molar-refractivity contribution in [2.24, 2.45) is 5.92 Å². The molecule has 1 aromatic rings. The Morgan fingerprint density at radius 2 is 2.25 bits per heavy atom. The van der Waals surface area contributed by atoms with Crippen molar-refractivity contribution in [1.29, 1.82) is 0 Å². The number of hydrogen-bond acceptors (Lipinski definition) is 2. The molecule has 1 rings (SSSR count). The van der Waals surface area contributed by atoms with Crippen LogP contribution in [-0.4, -0.2) is 12.7 Å². The van der Waals surface area contributed by atoms with Crippen molar-refractivity contribution in [3.05, 3.63) is 29.8 Å². The lowest BCUT2D eigenvalue weighted by Gasteiger charge is -2.09. The van der Waals surface area contributed by atoms with Crippen molar-refractivity contribution in [2.75, 3.05) is 11.9 Å². The van der Waals surface area contributed by atoms with Gasteiger partial charge in [-0.25, -0.2) is 4.79 Å². The SMILES string of the molecule is CCc1c[c]cc(NC(=O)OCC(C)C)c1. The van der Waals surface area contributed by atoms with E-state index in [9.17, 15) is 4.79 Å². The third-order valence-corrected chi connectivity index (χ3v) is 2.05. The molecular formula is C13H18NO2. The largest absolute Gasteiger partial charge is 0.449 e. The van der Waals surface area contributed by atoms with Crippen LogP contribution < -0.4 is 5.32 Å². The van der Waals surface area contributed by atoms with Gasteiger partial charge in [-0.1, -0.05) is 26.8 Å². The van der Waals surface area contributed by atoms with E-state index in [2.05, 4.69) is 18.3 Å². The van der Waals surface area contributed by atoms with Gasteiger partial charge in [-0.3, -0.25) is 5.32 Å². The Labute approximate surface area is 96.8 Å². The molecule has 0 saturated heterocycles. The Morgan fingerprint density at radius 1 is 1.50 bits per heavy atom. The van der Waals surface area contributed by atoms with Gasteiger partial charge < -0.3 is 4.74 Å². The topological polar surface area (TPSA) is 38.3 Å². The van der Waals surface area contributed by atoms with Gasteiger partial charge in [0.1, 0.15) is 0 Å². The number of carbonyl (C=O) groups is 1. The van der Waals surface area contributed by atoms with Crippen molar-refractivity contribution in [3.8, 4) is 0 Å². The van der Waals surface area contributed by atoms with Gasteiger partial charge in [0.2, 0.25) is 0 Å². The van der Waals surface area contributed by atoms with Gasteiger partial charge in [-0.05, 0) is 36.1 Å². The molecule has 1 radical (unpaired) electrons. The van der Waals surface area contributed by atoms with Crippen LogP contribution >= 0.6 is 0 Å². The fourth-order valence-corrected chi connectivity index (χ4v) is 1.19. The van der Waals surface area contributed by atoms with Crippen LogP contribution in [0, 0.1) is 12.0 Å².